The molecule has 25 heavy (non-hydrogen) atoms. The minimum absolute atomic E-state index is 0.295. The normalized spacial score (nSPS) is 10.7. The van der Waals surface area contributed by atoms with Crippen molar-refractivity contribution < 1.29 is 4.79 Å². The zero-order chi connectivity index (χ0) is 17.8. The number of carbonyl (C=O) groups is 1. The second-order valence-corrected chi connectivity index (χ2v) is 8.21. The minimum atomic E-state index is -0.340. The van der Waals surface area contributed by atoms with Crippen molar-refractivity contribution in [1.29, 1.82) is 0 Å². The van der Waals surface area contributed by atoms with E-state index >= 15 is 0 Å². The van der Waals surface area contributed by atoms with Gasteiger partial charge in [-0.1, -0.05) is 70.6 Å². The van der Waals surface area contributed by atoms with Gasteiger partial charge in [-0.05, 0) is 36.2 Å². The van der Waals surface area contributed by atoms with Crippen molar-refractivity contribution in [3.63, 3.8) is 0 Å². The van der Waals surface area contributed by atoms with E-state index < -0.39 is 0 Å². The summed E-state index contributed by atoms with van der Waals surface area (Å²) in [5.74, 6) is 0.464. The zero-order valence-electron chi connectivity index (χ0n) is 13.1. The minimum Gasteiger partial charge on any atom is -0.296 e. The van der Waals surface area contributed by atoms with Crippen LogP contribution in [0.1, 0.15) is 21.5 Å². The fraction of sp³-hybridized carbons (Fsp3) is 0.118. The van der Waals surface area contributed by atoms with Crippen LogP contribution in [-0.4, -0.2) is 16.1 Å². The first-order chi connectivity index (χ1) is 12.0. The lowest BCUT2D eigenvalue weighted by Gasteiger charge is -2.04. The predicted octanol–water partition coefficient (Wildman–Crippen LogP) is 5.70. The number of hydrogen-bond acceptors (Lipinski definition) is 5. The Balaban J connectivity index is 1.63. The Morgan fingerprint density at radius 1 is 1.20 bits per heavy atom. The maximum atomic E-state index is 12.3. The molecular formula is C17H13Cl2N3OS2. The summed E-state index contributed by atoms with van der Waals surface area (Å²) < 4.78 is 0.792. The Hall–Kier alpha value is -1.60. The highest BCUT2D eigenvalue weighted by Gasteiger charge is 2.14. The number of hydrogen-bond donors (Lipinski definition) is 1. The van der Waals surface area contributed by atoms with Gasteiger partial charge in [-0.15, -0.1) is 10.2 Å². The zero-order valence-corrected chi connectivity index (χ0v) is 16.3. The van der Waals surface area contributed by atoms with Gasteiger partial charge in [0.1, 0.15) is 0 Å². The molecular weight excluding hydrogens is 397 g/mol. The van der Waals surface area contributed by atoms with Crippen LogP contribution in [0, 0.1) is 6.92 Å². The summed E-state index contributed by atoms with van der Waals surface area (Å²) in [4.78, 5) is 12.3. The summed E-state index contributed by atoms with van der Waals surface area (Å²) in [7, 11) is 0. The lowest BCUT2D eigenvalue weighted by atomic mass is 10.1. The Kier molecular flexibility index (Phi) is 5.96. The first-order valence-electron chi connectivity index (χ1n) is 7.30. The second kappa shape index (κ2) is 8.19. The van der Waals surface area contributed by atoms with Crippen LogP contribution in [0.25, 0.3) is 0 Å². The molecule has 1 heterocycles. The van der Waals surface area contributed by atoms with E-state index in [-0.39, 0.29) is 5.91 Å². The van der Waals surface area contributed by atoms with Gasteiger partial charge < -0.3 is 0 Å². The monoisotopic (exact) mass is 409 g/mol. The average molecular weight is 410 g/mol. The number of aromatic nitrogens is 2. The third-order valence-electron chi connectivity index (χ3n) is 3.42. The van der Waals surface area contributed by atoms with Crippen molar-refractivity contribution in [1.82, 2.24) is 10.2 Å². The highest BCUT2D eigenvalue weighted by Crippen LogP contribution is 2.30. The van der Waals surface area contributed by atoms with Gasteiger partial charge in [0, 0.05) is 10.8 Å². The van der Waals surface area contributed by atoms with Crippen LogP contribution in [0.3, 0.4) is 0 Å². The fourth-order valence-electron chi connectivity index (χ4n) is 2.07. The molecule has 8 heteroatoms. The Bertz CT molecular complexity index is 914. The average Bonchev–Trinajstić information content (AvgIpc) is 3.01. The second-order valence-electron chi connectivity index (χ2n) is 5.17. The molecule has 0 aliphatic rings. The summed E-state index contributed by atoms with van der Waals surface area (Å²) in [6.07, 6.45) is 0. The van der Waals surface area contributed by atoms with E-state index in [0.29, 0.717) is 20.7 Å². The van der Waals surface area contributed by atoms with Gasteiger partial charge in [0.05, 0.1) is 10.6 Å². The highest BCUT2D eigenvalue weighted by molar-refractivity contribution is 8.00. The lowest BCUT2D eigenvalue weighted by molar-refractivity contribution is 0.102. The molecule has 4 nitrogen and oxygen atoms in total. The molecule has 1 aromatic heterocycles. The molecule has 1 N–H and O–H groups in total. The summed E-state index contributed by atoms with van der Waals surface area (Å²) in [5.41, 5.74) is 2.84. The van der Waals surface area contributed by atoms with Gasteiger partial charge in [-0.3, -0.25) is 10.1 Å². The molecule has 0 bridgehead atoms. The summed E-state index contributed by atoms with van der Waals surface area (Å²) >= 11 is 14.8. The van der Waals surface area contributed by atoms with Crippen LogP contribution >= 0.6 is 46.3 Å². The molecule has 2 aromatic carbocycles. The summed E-state index contributed by atoms with van der Waals surface area (Å²) in [6, 6.07) is 12.9. The fourth-order valence-corrected chi connectivity index (χ4v) is 4.39. The molecule has 3 rings (SSSR count). The van der Waals surface area contributed by atoms with E-state index in [0.717, 1.165) is 10.1 Å². The number of aryl methyl sites for hydroxylation is 1. The van der Waals surface area contributed by atoms with Crippen LogP contribution in [0.4, 0.5) is 5.13 Å². The first kappa shape index (κ1) is 18.2. The van der Waals surface area contributed by atoms with Gasteiger partial charge >= 0.3 is 0 Å². The third-order valence-corrected chi connectivity index (χ3v) is 5.98. The number of rotatable bonds is 5. The Morgan fingerprint density at radius 3 is 2.76 bits per heavy atom. The van der Waals surface area contributed by atoms with Gasteiger partial charge in [-0.25, -0.2) is 0 Å². The van der Waals surface area contributed by atoms with E-state index in [2.05, 4.69) is 34.6 Å². The molecule has 0 radical (unpaired) electrons. The van der Waals surface area contributed by atoms with Crippen molar-refractivity contribution in [2.75, 3.05) is 5.32 Å². The number of thioether (sulfide) groups is 1. The van der Waals surface area contributed by atoms with Crippen molar-refractivity contribution in [2.24, 2.45) is 0 Å². The van der Waals surface area contributed by atoms with Crippen LogP contribution in [0.2, 0.25) is 10.0 Å². The van der Waals surface area contributed by atoms with Crippen LogP contribution in [0.15, 0.2) is 46.8 Å². The molecule has 1 amide bonds. The molecule has 0 aliphatic heterocycles. The van der Waals surface area contributed by atoms with Crippen molar-refractivity contribution >= 4 is 57.3 Å². The van der Waals surface area contributed by atoms with E-state index in [1.807, 2.05) is 12.1 Å². The SMILES string of the molecule is Cc1ccccc1CSc1nnc(NC(=O)c2ccc(Cl)cc2Cl)s1. The number of nitrogens with zero attached hydrogens (tertiary/aromatic N) is 2. The first-order valence-corrected chi connectivity index (χ1v) is 9.86. The van der Waals surface area contributed by atoms with Gasteiger partial charge in [0.25, 0.3) is 5.91 Å². The lowest BCUT2D eigenvalue weighted by Crippen LogP contribution is -2.12. The third kappa shape index (κ3) is 4.73. The molecule has 3 aromatic rings. The van der Waals surface area contributed by atoms with Crippen molar-refractivity contribution in [3.05, 3.63) is 69.2 Å². The van der Waals surface area contributed by atoms with E-state index in [9.17, 15) is 4.79 Å². The molecule has 0 saturated carbocycles. The van der Waals surface area contributed by atoms with Gasteiger partial charge in [0.15, 0.2) is 4.34 Å². The van der Waals surface area contributed by atoms with Crippen molar-refractivity contribution in [2.45, 2.75) is 17.0 Å². The number of amides is 1. The standard InChI is InChI=1S/C17H13Cl2N3OS2/c1-10-4-2-3-5-11(10)9-24-17-22-21-16(25-17)20-15(23)13-7-6-12(18)8-14(13)19/h2-8H,9H2,1H3,(H,20,21,23). The predicted molar refractivity (Wildman–Crippen MR) is 105 cm³/mol. The van der Waals surface area contributed by atoms with Crippen LogP contribution in [0.5, 0.6) is 0 Å². The Morgan fingerprint density at radius 2 is 2.00 bits per heavy atom. The van der Waals surface area contributed by atoms with E-state index in [1.165, 1.54) is 28.5 Å². The van der Waals surface area contributed by atoms with Gasteiger partial charge in [0.2, 0.25) is 5.13 Å². The molecule has 0 atom stereocenters. The van der Waals surface area contributed by atoms with Crippen LogP contribution < -0.4 is 5.32 Å². The summed E-state index contributed by atoms with van der Waals surface area (Å²) in [6.45, 7) is 2.08. The number of nitrogens with one attached hydrogen (secondary N) is 1. The van der Waals surface area contributed by atoms with Gasteiger partial charge in [-0.2, -0.15) is 0 Å². The number of halogens is 2. The topological polar surface area (TPSA) is 54.9 Å². The Labute approximate surface area is 163 Å². The highest BCUT2D eigenvalue weighted by atomic mass is 35.5. The number of benzene rings is 2. The number of anilines is 1. The molecule has 128 valence electrons. The molecule has 0 fully saturated rings. The molecule has 0 aliphatic carbocycles. The maximum absolute atomic E-state index is 12.3. The van der Waals surface area contributed by atoms with E-state index in [1.54, 1.807) is 23.9 Å². The molecule has 0 saturated heterocycles. The van der Waals surface area contributed by atoms with Crippen LogP contribution in [-0.2, 0) is 5.75 Å². The summed E-state index contributed by atoms with van der Waals surface area (Å²) in [5, 5.41) is 12.0. The molecule has 0 spiro atoms. The van der Waals surface area contributed by atoms with Crippen molar-refractivity contribution in [3.8, 4) is 0 Å². The smallest absolute Gasteiger partial charge is 0.259 e. The maximum Gasteiger partial charge on any atom is 0.259 e. The van der Waals surface area contributed by atoms with E-state index in [4.69, 9.17) is 23.2 Å². The number of carbonyl (C=O) groups excluding carboxylic acids is 1. The largest absolute Gasteiger partial charge is 0.296 e. The molecule has 0 unspecified atom stereocenters. The quantitative estimate of drug-likeness (QED) is 0.433.